The summed E-state index contributed by atoms with van der Waals surface area (Å²) in [5, 5.41) is 0. The van der Waals surface area contributed by atoms with E-state index in [1.807, 2.05) is 0 Å². The van der Waals surface area contributed by atoms with Gasteiger partial charge in [0.15, 0.2) is 0 Å². The molecular weight excluding hydrogens is 279 g/mol. The van der Waals surface area contributed by atoms with Crippen LogP contribution in [0.25, 0.3) is 0 Å². The number of carbonyl (C=O) groups excluding carboxylic acids is 1. The van der Waals surface area contributed by atoms with Gasteiger partial charge in [-0.05, 0) is 12.5 Å². The lowest BCUT2D eigenvalue weighted by Crippen LogP contribution is -2.22. The number of carbonyl (C=O) groups is 1. The van der Waals surface area contributed by atoms with Crippen molar-refractivity contribution < 1.29 is 27.4 Å². The third kappa shape index (κ3) is 4.26. The highest BCUT2D eigenvalue weighted by molar-refractivity contribution is 5.75. The summed E-state index contributed by atoms with van der Waals surface area (Å²) in [5.74, 6) is -1.47. The molecule has 0 aliphatic rings. The van der Waals surface area contributed by atoms with E-state index in [0.717, 1.165) is 6.20 Å². The summed E-state index contributed by atoms with van der Waals surface area (Å²) in [6.07, 6.45) is -4.39. The van der Waals surface area contributed by atoms with Gasteiger partial charge in [-0.3, -0.25) is 4.79 Å². The summed E-state index contributed by atoms with van der Waals surface area (Å²) in [7, 11) is 0. The number of nitrogens with zero attached hydrogens (tertiary/aromatic N) is 1. The Hall–Kier alpha value is -2.03. The molecule has 0 amide bonds. The second-order valence-electron chi connectivity index (χ2n) is 3.71. The summed E-state index contributed by atoms with van der Waals surface area (Å²) in [4.78, 5) is 14.9. The van der Waals surface area contributed by atoms with Gasteiger partial charge >= 0.3 is 12.3 Å². The van der Waals surface area contributed by atoms with Gasteiger partial charge in [-0.25, -0.2) is 4.98 Å². The topological polar surface area (TPSA) is 100 Å². The third-order valence-electron chi connectivity index (χ3n) is 2.33. The molecule has 0 unspecified atom stereocenters. The van der Waals surface area contributed by atoms with Gasteiger partial charge in [-0.15, -0.1) is 13.2 Å². The van der Waals surface area contributed by atoms with Gasteiger partial charge in [0.2, 0.25) is 5.88 Å². The van der Waals surface area contributed by atoms with Gasteiger partial charge in [-0.1, -0.05) is 0 Å². The molecular formula is C11H14F3N3O3. The standard InChI is InChI=1S/C11H14F3N3O3/c1-2-19-9(18)3-6-7(4-15)8(16)5-17-10(6)20-11(12,13)14/h5H,2-4,15-16H2,1H3. The SMILES string of the molecule is CCOC(=O)Cc1c(OC(F)(F)F)ncc(N)c1CN. The fraction of sp³-hybridized carbons (Fsp3) is 0.455. The molecule has 9 heteroatoms. The van der Waals surface area contributed by atoms with Crippen LogP contribution in [-0.2, 0) is 22.5 Å². The van der Waals surface area contributed by atoms with Crippen molar-refractivity contribution in [1.82, 2.24) is 4.98 Å². The van der Waals surface area contributed by atoms with Crippen molar-refractivity contribution >= 4 is 11.7 Å². The molecule has 0 fully saturated rings. The van der Waals surface area contributed by atoms with E-state index in [0.29, 0.717) is 0 Å². The first-order chi connectivity index (χ1) is 9.28. The lowest BCUT2D eigenvalue weighted by Gasteiger charge is -2.16. The molecule has 1 aromatic heterocycles. The van der Waals surface area contributed by atoms with Crippen molar-refractivity contribution in [2.24, 2.45) is 5.73 Å². The molecule has 1 aromatic rings. The van der Waals surface area contributed by atoms with E-state index in [1.54, 1.807) is 6.92 Å². The number of pyridine rings is 1. The van der Waals surface area contributed by atoms with Crippen LogP contribution in [0.4, 0.5) is 18.9 Å². The van der Waals surface area contributed by atoms with E-state index in [-0.39, 0.29) is 30.0 Å². The van der Waals surface area contributed by atoms with Crippen molar-refractivity contribution in [3.63, 3.8) is 0 Å². The van der Waals surface area contributed by atoms with Gasteiger partial charge in [0.25, 0.3) is 0 Å². The van der Waals surface area contributed by atoms with Gasteiger partial charge in [0, 0.05) is 12.1 Å². The Bertz CT molecular complexity index is 492. The van der Waals surface area contributed by atoms with Gasteiger partial charge in [-0.2, -0.15) is 0 Å². The van der Waals surface area contributed by atoms with Crippen molar-refractivity contribution in [1.29, 1.82) is 0 Å². The third-order valence-corrected chi connectivity index (χ3v) is 2.33. The monoisotopic (exact) mass is 293 g/mol. The molecule has 0 saturated heterocycles. The summed E-state index contributed by atoms with van der Waals surface area (Å²) >= 11 is 0. The fourth-order valence-corrected chi connectivity index (χ4v) is 1.56. The quantitative estimate of drug-likeness (QED) is 0.789. The second-order valence-corrected chi connectivity index (χ2v) is 3.71. The molecule has 0 aliphatic carbocycles. The predicted octanol–water partition coefficient (Wildman–Crippen LogP) is 1.13. The Morgan fingerprint density at radius 3 is 2.55 bits per heavy atom. The fourth-order valence-electron chi connectivity index (χ4n) is 1.56. The number of ether oxygens (including phenoxy) is 2. The zero-order valence-corrected chi connectivity index (χ0v) is 10.7. The molecule has 0 radical (unpaired) electrons. The van der Waals surface area contributed by atoms with Crippen LogP contribution in [0.2, 0.25) is 0 Å². The zero-order valence-electron chi connectivity index (χ0n) is 10.7. The maximum Gasteiger partial charge on any atom is 0.574 e. The maximum absolute atomic E-state index is 12.3. The summed E-state index contributed by atoms with van der Waals surface area (Å²) in [5.41, 5.74) is 11.2. The minimum absolute atomic E-state index is 0.0846. The zero-order chi connectivity index (χ0) is 15.3. The van der Waals surface area contributed by atoms with Crippen molar-refractivity contribution in [3.8, 4) is 5.88 Å². The number of hydrogen-bond donors (Lipinski definition) is 2. The minimum atomic E-state index is -4.93. The molecule has 0 aromatic carbocycles. The Morgan fingerprint density at radius 2 is 2.05 bits per heavy atom. The molecule has 0 atom stereocenters. The number of anilines is 1. The number of halogens is 3. The second kappa shape index (κ2) is 6.42. The van der Waals surface area contributed by atoms with E-state index < -0.39 is 24.6 Å². The number of esters is 1. The Balaban J connectivity index is 3.19. The lowest BCUT2D eigenvalue weighted by molar-refractivity contribution is -0.276. The molecule has 6 nitrogen and oxygen atoms in total. The Kier molecular flexibility index (Phi) is 5.14. The molecule has 0 aliphatic heterocycles. The van der Waals surface area contributed by atoms with E-state index in [9.17, 15) is 18.0 Å². The molecule has 1 heterocycles. The normalized spacial score (nSPS) is 11.2. The molecule has 20 heavy (non-hydrogen) atoms. The average Bonchev–Trinajstić information content (AvgIpc) is 2.32. The van der Waals surface area contributed by atoms with Crippen LogP contribution in [0.5, 0.6) is 5.88 Å². The maximum atomic E-state index is 12.3. The van der Waals surface area contributed by atoms with Crippen molar-refractivity contribution in [3.05, 3.63) is 17.3 Å². The van der Waals surface area contributed by atoms with Crippen LogP contribution < -0.4 is 16.2 Å². The van der Waals surface area contributed by atoms with Crippen LogP contribution in [-0.4, -0.2) is 23.9 Å². The van der Waals surface area contributed by atoms with Gasteiger partial charge in [0.1, 0.15) is 0 Å². The van der Waals surface area contributed by atoms with Crippen LogP contribution in [0.1, 0.15) is 18.1 Å². The Morgan fingerprint density at radius 1 is 1.40 bits per heavy atom. The summed E-state index contributed by atoms with van der Waals surface area (Å²) < 4.78 is 45.4. The number of aromatic nitrogens is 1. The summed E-state index contributed by atoms with van der Waals surface area (Å²) in [6.45, 7) is 1.52. The van der Waals surface area contributed by atoms with Crippen molar-refractivity contribution in [2.45, 2.75) is 26.3 Å². The smallest absolute Gasteiger partial charge is 0.466 e. The Labute approximate surface area is 112 Å². The molecule has 112 valence electrons. The van der Waals surface area contributed by atoms with E-state index in [2.05, 4.69) is 14.5 Å². The van der Waals surface area contributed by atoms with Crippen LogP contribution >= 0.6 is 0 Å². The molecule has 4 N–H and O–H groups in total. The molecule has 0 spiro atoms. The first-order valence-corrected chi connectivity index (χ1v) is 5.66. The van der Waals surface area contributed by atoms with E-state index in [4.69, 9.17) is 11.5 Å². The first-order valence-electron chi connectivity index (χ1n) is 5.66. The minimum Gasteiger partial charge on any atom is -0.466 e. The number of alkyl halides is 3. The number of hydrogen-bond acceptors (Lipinski definition) is 6. The van der Waals surface area contributed by atoms with Crippen LogP contribution in [0, 0.1) is 0 Å². The summed E-state index contributed by atoms with van der Waals surface area (Å²) in [6, 6.07) is 0. The molecule has 1 rings (SSSR count). The highest BCUT2D eigenvalue weighted by atomic mass is 19.4. The number of nitrogens with two attached hydrogens (primary N) is 2. The van der Waals surface area contributed by atoms with Crippen LogP contribution in [0.15, 0.2) is 6.20 Å². The lowest BCUT2D eigenvalue weighted by atomic mass is 10.1. The number of nitrogen functional groups attached to an aromatic ring is 1. The number of rotatable bonds is 5. The van der Waals surface area contributed by atoms with E-state index in [1.165, 1.54) is 0 Å². The average molecular weight is 293 g/mol. The van der Waals surface area contributed by atoms with Crippen LogP contribution in [0.3, 0.4) is 0 Å². The van der Waals surface area contributed by atoms with Gasteiger partial charge < -0.3 is 20.9 Å². The van der Waals surface area contributed by atoms with E-state index >= 15 is 0 Å². The molecule has 0 saturated carbocycles. The van der Waals surface area contributed by atoms with Crippen molar-refractivity contribution in [2.75, 3.05) is 12.3 Å². The largest absolute Gasteiger partial charge is 0.574 e. The van der Waals surface area contributed by atoms with Gasteiger partial charge in [0.05, 0.1) is 24.9 Å². The highest BCUT2D eigenvalue weighted by Gasteiger charge is 2.34. The first kappa shape index (κ1) is 16.0. The predicted molar refractivity (Wildman–Crippen MR) is 63.6 cm³/mol. The highest BCUT2D eigenvalue weighted by Crippen LogP contribution is 2.29. The molecule has 0 bridgehead atoms.